The van der Waals surface area contributed by atoms with E-state index in [1.165, 1.54) is 0 Å². The minimum atomic E-state index is -0.0373. The summed E-state index contributed by atoms with van der Waals surface area (Å²) in [6.45, 7) is 0.714. The number of ether oxygens (including phenoxy) is 1. The molecule has 2 rings (SSSR count). The Bertz CT molecular complexity index is 343. The standard InChI is InChI=1S/C10H11Cl2NO/c11-7-2-1-6(5-8(7)12)10-9(13)3-4-14-10/h1-2,5,9-10H,3-4,13H2. The van der Waals surface area contributed by atoms with Crippen molar-refractivity contribution in [1.82, 2.24) is 0 Å². The Hall–Kier alpha value is -0.280. The molecule has 1 aromatic rings. The average Bonchev–Trinajstić information content (AvgIpc) is 2.57. The van der Waals surface area contributed by atoms with E-state index in [1.54, 1.807) is 6.07 Å². The molecule has 2 N–H and O–H groups in total. The molecule has 2 unspecified atom stereocenters. The van der Waals surface area contributed by atoms with Crippen LogP contribution in [-0.2, 0) is 4.74 Å². The summed E-state index contributed by atoms with van der Waals surface area (Å²) in [5, 5.41) is 1.11. The van der Waals surface area contributed by atoms with Crippen LogP contribution in [0, 0.1) is 0 Å². The molecule has 0 amide bonds. The van der Waals surface area contributed by atoms with Crippen LogP contribution in [0.15, 0.2) is 18.2 Å². The SMILES string of the molecule is NC1CCOC1c1ccc(Cl)c(Cl)c1. The molecule has 1 heterocycles. The van der Waals surface area contributed by atoms with Gasteiger partial charge in [0.15, 0.2) is 0 Å². The van der Waals surface area contributed by atoms with Gasteiger partial charge in [0.05, 0.1) is 16.1 Å². The van der Waals surface area contributed by atoms with Crippen LogP contribution in [-0.4, -0.2) is 12.6 Å². The first-order chi connectivity index (χ1) is 6.68. The van der Waals surface area contributed by atoms with Crippen molar-refractivity contribution in [3.05, 3.63) is 33.8 Å². The van der Waals surface area contributed by atoms with Gasteiger partial charge in [-0.3, -0.25) is 0 Å². The second-order valence-electron chi connectivity index (χ2n) is 3.42. The van der Waals surface area contributed by atoms with Gasteiger partial charge >= 0.3 is 0 Å². The second-order valence-corrected chi connectivity index (χ2v) is 4.23. The van der Waals surface area contributed by atoms with Gasteiger partial charge in [-0.25, -0.2) is 0 Å². The minimum Gasteiger partial charge on any atom is -0.372 e. The lowest BCUT2D eigenvalue weighted by atomic mass is 10.0. The molecule has 1 aliphatic heterocycles. The Balaban J connectivity index is 2.28. The van der Waals surface area contributed by atoms with Crippen LogP contribution in [0.1, 0.15) is 18.1 Å². The van der Waals surface area contributed by atoms with Crippen molar-refractivity contribution < 1.29 is 4.74 Å². The molecule has 0 aromatic heterocycles. The van der Waals surface area contributed by atoms with Gasteiger partial charge in [0.2, 0.25) is 0 Å². The molecule has 0 radical (unpaired) electrons. The first-order valence-electron chi connectivity index (χ1n) is 4.50. The van der Waals surface area contributed by atoms with Crippen LogP contribution < -0.4 is 5.73 Å². The van der Waals surface area contributed by atoms with Crippen molar-refractivity contribution in [3.8, 4) is 0 Å². The van der Waals surface area contributed by atoms with Crippen LogP contribution in [0.3, 0.4) is 0 Å². The lowest BCUT2D eigenvalue weighted by Gasteiger charge is -2.15. The zero-order valence-electron chi connectivity index (χ0n) is 7.54. The van der Waals surface area contributed by atoms with Crippen molar-refractivity contribution in [1.29, 1.82) is 0 Å². The van der Waals surface area contributed by atoms with E-state index >= 15 is 0 Å². The summed E-state index contributed by atoms with van der Waals surface area (Å²) in [7, 11) is 0. The second kappa shape index (κ2) is 4.07. The smallest absolute Gasteiger partial charge is 0.0977 e. The molecule has 2 atom stereocenters. The maximum absolute atomic E-state index is 5.91. The molecule has 4 heteroatoms. The van der Waals surface area contributed by atoms with Crippen molar-refractivity contribution in [2.75, 3.05) is 6.61 Å². The van der Waals surface area contributed by atoms with Crippen molar-refractivity contribution in [2.24, 2.45) is 5.73 Å². The fourth-order valence-corrected chi connectivity index (χ4v) is 1.95. The van der Waals surface area contributed by atoms with Crippen molar-refractivity contribution >= 4 is 23.2 Å². The van der Waals surface area contributed by atoms with Crippen LogP contribution in [0.25, 0.3) is 0 Å². The summed E-state index contributed by atoms with van der Waals surface area (Å²) in [5.74, 6) is 0. The Kier molecular flexibility index (Phi) is 2.98. The quantitative estimate of drug-likeness (QED) is 0.807. The molecule has 2 nitrogen and oxygen atoms in total. The number of benzene rings is 1. The molecule has 0 saturated carbocycles. The maximum atomic E-state index is 5.91. The van der Waals surface area contributed by atoms with Crippen LogP contribution in [0.4, 0.5) is 0 Å². The monoisotopic (exact) mass is 231 g/mol. The summed E-state index contributed by atoms with van der Waals surface area (Å²) in [5.41, 5.74) is 6.90. The maximum Gasteiger partial charge on any atom is 0.0977 e. The van der Waals surface area contributed by atoms with Gasteiger partial charge in [-0.05, 0) is 24.1 Å². The zero-order valence-corrected chi connectivity index (χ0v) is 9.05. The highest BCUT2D eigenvalue weighted by atomic mass is 35.5. The van der Waals surface area contributed by atoms with Gasteiger partial charge < -0.3 is 10.5 Å². The third-order valence-electron chi connectivity index (χ3n) is 2.41. The molecular formula is C10H11Cl2NO. The summed E-state index contributed by atoms with van der Waals surface area (Å²) < 4.78 is 5.52. The number of halogens is 2. The molecule has 1 saturated heterocycles. The lowest BCUT2D eigenvalue weighted by Crippen LogP contribution is -2.23. The van der Waals surface area contributed by atoms with Gasteiger partial charge in [-0.1, -0.05) is 29.3 Å². The summed E-state index contributed by atoms with van der Waals surface area (Å²) in [4.78, 5) is 0. The Morgan fingerprint density at radius 1 is 1.29 bits per heavy atom. The lowest BCUT2D eigenvalue weighted by molar-refractivity contribution is 0.105. The van der Waals surface area contributed by atoms with Crippen LogP contribution >= 0.6 is 23.2 Å². The molecule has 76 valence electrons. The summed E-state index contributed by atoms with van der Waals surface area (Å²) in [6.07, 6.45) is 0.857. The van der Waals surface area contributed by atoms with E-state index in [0.29, 0.717) is 16.7 Å². The predicted molar refractivity (Wildman–Crippen MR) is 57.7 cm³/mol. The predicted octanol–water partition coefficient (Wildman–Crippen LogP) is 2.78. The van der Waals surface area contributed by atoms with Gasteiger partial charge in [0.1, 0.15) is 0 Å². The Labute approximate surface area is 92.9 Å². The zero-order chi connectivity index (χ0) is 10.1. The molecular weight excluding hydrogens is 221 g/mol. The highest BCUT2D eigenvalue weighted by Gasteiger charge is 2.26. The van der Waals surface area contributed by atoms with Gasteiger partial charge in [0, 0.05) is 12.6 Å². The summed E-state index contributed by atoms with van der Waals surface area (Å²) in [6, 6.07) is 5.56. The Morgan fingerprint density at radius 3 is 2.64 bits per heavy atom. The minimum absolute atomic E-state index is 0.0373. The van der Waals surface area contributed by atoms with Crippen LogP contribution in [0.5, 0.6) is 0 Å². The van der Waals surface area contributed by atoms with Crippen molar-refractivity contribution in [2.45, 2.75) is 18.6 Å². The molecule has 1 fully saturated rings. The van der Waals surface area contributed by atoms with E-state index < -0.39 is 0 Å². The largest absolute Gasteiger partial charge is 0.372 e. The third-order valence-corrected chi connectivity index (χ3v) is 3.15. The summed E-state index contributed by atoms with van der Waals surface area (Å²) >= 11 is 11.7. The molecule has 1 aromatic carbocycles. The van der Waals surface area contributed by atoms with E-state index in [1.807, 2.05) is 12.1 Å². The van der Waals surface area contributed by atoms with E-state index in [4.69, 9.17) is 33.7 Å². The van der Waals surface area contributed by atoms with E-state index in [0.717, 1.165) is 12.0 Å². The van der Waals surface area contributed by atoms with Gasteiger partial charge in [0.25, 0.3) is 0 Å². The first kappa shape index (κ1) is 10.2. The number of hydrogen-bond donors (Lipinski definition) is 1. The Morgan fingerprint density at radius 2 is 2.07 bits per heavy atom. The highest BCUT2D eigenvalue weighted by molar-refractivity contribution is 6.42. The molecule has 0 bridgehead atoms. The number of hydrogen-bond acceptors (Lipinski definition) is 2. The highest BCUT2D eigenvalue weighted by Crippen LogP contribution is 2.31. The van der Waals surface area contributed by atoms with E-state index in [9.17, 15) is 0 Å². The van der Waals surface area contributed by atoms with E-state index in [2.05, 4.69) is 0 Å². The fraction of sp³-hybridized carbons (Fsp3) is 0.400. The fourth-order valence-electron chi connectivity index (χ4n) is 1.64. The van der Waals surface area contributed by atoms with Gasteiger partial charge in [-0.2, -0.15) is 0 Å². The first-order valence-corrected chi connectivity index (χ1v) is 5.26. The number of nitrogens with two attached hydrogens (primary N) is 1. The van der Waals surface area contributed by atoms with Gasteiger partial charge in [-0.15, -0.1) is 0 Å². The normalized spacial score (nSPS) is 26.8. The van der Waals surface area contributed by atoms with E-state index in [-0.39, 0.29) is 12.1 Å². The van der Waals surface area contributed by atoms with Crippen molar-refractivity contribution in [3.63, 3.8) is 0 Å². The topological polar surface area (TPSA) is 35.2 Å². The molecule has 0 spiro atoms. The number of rotatable bonds is 1. The van der Waals surface area contributed by atoms with Crippen LogP contribution in [0.2, 0.25) is 10.0 Å². The average molecular weight is 232 g/mol. The third kappa shape index (κ3) is 1.89. The molecule has 0 aliphatic carbocycles. The molecule has 1 aliphatic rings. The molecule has 14 heavy (non-hydrogen) atoms.